The molecule has 0 bridgehead atoms. The molecule has 3 heterocycles. The maximum atomic E-state index is 10.7. The molecule has 4 heteroatoms. The highest BCUT2D eigenvalue weighted by Crippen LogP contribution is 2.18. The van der Waals surface area contributed by atoms with Gasteiger partial charge in [-0.25, -0.2) is 4.98 Å². The third kappa shape index (κ3) is 2.29. The van der Waals surface area contributed by atoms with E-state index in [9.17, 15) is 4.79 Å². The minimum Gasteiger partial charge on any atom is -0.317 e. The Balaban J connectivity index is 1.81. The summed E-state index contributed by atoms with van der Waals surface area (Å²) in [4.78, 5) is 15.3. The molecule has 0 saturated carbocycles. The number of carbonyl (C=O) groups excluding carboxylic acids is 1. The van der Waals surface area contributed by atoms with Crippen LogP contribution in [0.4, 0.5) is 0 Å². The van der Waals surface area contributed by atoms with Crippen LogP contribution in [0, 0.1) is 5.92 Å². The van der Waals surface area contributed by atoms with Crippen LogP contribution in [0.2, 0.25) is 0 Å². The predicted molar refractivity (Wildman–Crippen MR) is 69.9 cm³/mol. The van der Waals surface area contributed by atoms with E-state index in [2.05, 4.69) is 16.5 Å². The first-order valence-electron chi connectivity index (χ1n) is 6.49. The van der Waals surface area contributed by atoms with Crippen molar-refractivity contribution in [2.75, 3.05) is 13.1 Å². The van der Waals surface area contributed by atoms with E-state index >= 15 is 0 Å². The Morgan fingerprint density at radius 2 is 2.28 bits per heavy atom. The molecule has 4 nitrogen and oxygen atoms in total. The van der Waals surface area contributed by atoms with Crippen molar-refractivity contribution in [3.8, 4) is 0 Å². The lowest BCUT2D eigenvalue weighted by Crippen LogP contribution is -2.28. The zero-order valence-corrected chi connectivity index (χ0v) is 10.3. The molecule has 1 aliphatic rings. The molecule has 1 fully saturated rings. The molecule has 18 heavy (non-hydrogen) atoms. The van der Waals surface area contributed by atoms with Gasteiger partial charge in [0.2, 0.25) is 0 Å². The van der Waals surface area contributed by atoms with Crippen molar-refractivity contribution < 1.29 is 4.79 Å². The Bertz CT molecular complexity index is 555. The molecule has 0 atom stereocenters. The zero-order chi connectivity index (χ0) is 12.4. The number of carbonyl (C=O) groups is 1. The molecule has 94 valence electrons. The van der Waals surface area contributed by atoms with Crippen LogP contribution in [0.15, 0.2) is 24.5 Å². The second-order valence-electron chi connectivity index (χ2n) is 4.97. The number of hydrogen-bond donors (Lipinski definition) is 1. The van der Waals surface area contributed by atoms with Gasteiger partial charge in [-0.2, -0.15) is 0 Å². The number of aromatic nitrogens is 2. The van der Waals surface area contributed by atoms with Crippen molar-refractivity contribution in [1.82, 2.24) is 14.7 Å². The summed E-state index contributed by atoms with van der Waals surface area (Å²) in [5.74, 6) is 0.738. The van der Waals surface area contributed by atoms with Crippen LogP contribution < -0.4 is 5.32 Å². The number of aldehydes is 1. The number of fused-ring (bicyclic) bond motifs is 1. The fourth-order valence-corrected chi connectivity index (χ4v) is 2.60. The number of rotatable bonds is 3. The fourth-order valence-electron chi connectivity index (χ4n) is 2.60. The van der Waals surface area contributed by atoms with Crippen LogP contribution >= 0.6 is 0 Å². The van der Waals surface area contributed by atoms with Gasteiger partial charge in [-0.05, 0) is 50.4 Å². The quantitative estimate of drug-likeness (QED) is 0.834. The predicted octanol–water partition coefficient (Wildman–Crippen LogP) is 1.69. The van der Waals surface area contributed by atoms with E-state index in [1.807, 2.05) is 22.7 Å². The SMILES string of the molecule is O=Cc1ccn2cc(CC3CCNCC3)nc2c1. The molecule has 1 N–H and O–H groups in total. The number of nitrogens with zero attached hydrogens (tertiary/aromatic N) is 2. The monoisotopic (exact) mass is 243 g/mol. The molecule has 0 unspecified atom stereocenters. The number of hydrogen-bond acceptors (Lipinski definition) is 3. The number of nitrogens with one attached hydrogen (secondary N) is 1. The van der Waals surface area contributed by atoms with E-state index in [0.29, 0.717) is 5.56 Å². The summed E-state index contributed by atoms with van der Waals surface area (Å²) >= 11 is 0. The lowest BCUT2D eigenvalue weighted by atomic mass is 9.93. The molecule has 0 aromatic carbocycles. The van der Waals surface area contributed by atoms with E-state index in [0.717, 1.165) is 43.1 Å². The molecular weight excluding hydrogens is 226 g/mol. The van der Waals surface area contributed by atoms with Gasteiger partial charge in [-0.15, -0.1) is 0 Å². The number of pyridine rings is 1. The number of imidazole rings is 1. The Hall–Kier alpha value is -1.68. The average Bonchev–Trinajstić information content (AvgIpc) is 2.80. The maximum absolute atomic E-state index is 10.7. The van der Waals surface area contributed by atoms with E-state index in [1.54, 1.807) is 0 Å². The average molecular weight is 243 g/mol. The standard InChI is InChI=1S/C14H17N3O/c18-10-12-3-6-17-9-13(16-14(17)8-12)7-11-1-4-15-5-2-11/h3,6,8-11,15H,1-2,4-5,7H2. The summed E-state index contributed by atoms with van der Waals surface area (Å²) in [6.45, 7) is 2.24. The fraction of sp³-hybridized carbons (Fsp3) is 0.429. The van der Waals surface area contributed by atoms with Crippen LogP contribution in [0.1, 0.15) is 28.9 Å². The smallest absolute Gasteiger partial charge is 0.150 e. The highest BCUT2D eigenvalue weighted by molar-refractivity contribution is 5.76. The number of piperidine rings is 1. The normalized spacial score (nSPS) is 17.1. The highest BCUT2D eigenvalue weighted by Gasteiger charge is 2.15. The highest BCUT2D eigenvalue weighted by atomic mass is 16.1. The summed E-state index contributed by atoms with van der Waals surface area (Å²) in [6.07, 6.45) is 8.34. The first kappa shape index (κ1) is 11.4. The van der Waals surface area contributed by atoms with Crippen molar-refractivity contribution in [3.05, 3.63) is 35.8 Å². The summed E-state index contributed by atoms with van der Waals surface area (Å²) < 4.78 is 1.99. The van der Waals surface area contributed by atoms with Gasteiger partial charge in [0.15, 0.2) is 0 Å². The Morgan fingerprint density at radius 1 is 1.44 bits per heavy atom. The van der Waals surface area contributed by atoms with Gasteiger partial charge in [0.25, 0.3) is 0 Å². The molecule has 0 aliphatic carbocycles. The second kappa shape index (κ2) is 4.90. The van der Waals surface area contributed by atoms with Gasteiger partial charge in [0.05, 0.1) is 5.69 Å². The third-order valence-corrected chi connectivity index (χ3v) is 3.63. The molecule has 2 aromatic rings. The van der Waals surface area contributed by atoms with Gasteiger partial charge in [-0.3, -0.25) is 4.79 Å². The second-order valence-corrected chi connectivity index (χ2v) is 4.97. The van der Waals surface area contributed by atoms with Crippen LogP contribution in [0.25, 0.3) is 5.65 Å². The van der Waals surface area contributed by atoms with Crippen LogP contribution in [-0.4, -0.2) is 28.8 Å². The van der Waals surface area contributed by atoms with Crippen molar-refractivity contribution in [2.24, 2.45) is 5.92 Å². The Morgan fingerprint density at radius 3 is 3.06 bits per heavy atom. The molecule has 0 spiro atoms. The largest absolute Gasteiger partial charge is 0.317 e. The molecular formula is C14H17N3O. The van der Waals surface area contributed by atoms with E-state index < -0.39 is 0 Å². The lowest BCUT2D eigenvalue weighted by molar-refractivity contribution is 0.112. The topological polar surface area (TPSA) is 46.4 Å². The molecule has 1 aliphatic heterocycles. The molecule has 1 saturated heterocycles. The minimum atomic E-state index is 0.682. The Labute approximate surface area is 106 Å². The first-order chi connectivity index (χ1) is 8.85. The van der Waals surface area contributed by atoms with Gasteiger partial charge in [0.1, 0.15) is 11.9 Å². The maximum Gasteiger partial charge on any atom is 0.150 e. The first-order valence-corrected chi connectivity index (χ1v) is 6.49. The third-order valence-electron chi connectivity index (χ3n) is 3.63. The van der Waals surface area contributed by atoms with Crippen molar-refractivity contribution in [1.29, 1.82) is 0 Å². The van der Waals surface area contributed by atoms with Crippen molar-refractivity contribution >= 4 is 11.9 Å². The van der Waals surface area contributed by atoms with Gasteiger partial charge in [0, 0.05) is 18.0 Å². The van der Waals surface area contributed by atoms with Crippen molar-refractivity contribution in [3.63, 3.8) is 0 Å². The summed E-state index contributed by atoms with van der Waals surface area (Å²) in [5, 5.41) is 3.38. The van der Waals surface area contributed by atoms with Crippen LogP contribution in [-0.2, 0) is 6.42 Å². The molecule has 2 aromatic heterocycles. The molecule has 0 amide bonds. The summed E-state index contributed by atoms with van der Waals surface area (Å²) in [6, 6.07) is 3.65. The molecule has 0 radical (unpaired) electrons. The van der Waals surface area contributed by atoms with Gasteiger partial charge >= 0.3 is 0 Å². The van der Waals surface area contributed by atoms with E-state index in [-0.39, 0.29) is 0 Å². The lowest BCUT2D eigenvalue weighted by Gasteiger charge is -2.21. The van der Waals surface area contributed by atoms with Gasteiger partial charge in [-0.1, -0.05) is 0 Å². The van der Waals surface area contributed by atoms with E-state index in [1.165, 1.54) is 12.8 Å². The molecule has 3 rings (SSSR count). The van der Waals surface area contributed by atoms with Crippen LogP contribution in [0.3, 0.4) is 0 Å². The minimum absolute atomic E-state index is 0.682. The van der Waals surface area contributed by atoms with E-state index in [4.69, 9.17) is 0 Å². The Kier molecular flexibility index (Phi) is 3.11. The van der Waals surface area contributed by atoms with Crippen molar-refractivity contribution in [2.45, 2.75) is 19.3 Å². The zero-order valence-electron chi connectivity index (χ0n) is 10.3. The van der Waals surface area contributed by atoms with Crippen LogP contribution in [0.5, 0.6) is 0 Å². The summed E-state index contributed by atoms with van der Waals surface area (Å²) in [7, 11) is 0. The van der Waals surface area contributed by atoms with Gasteiger partial charge < -0.3 is 9.72 Å². The summed E-state index contributed by atoms with van der Waals surface area (Å²) in [5.41, 5.74) is 2.68.